The predicted octanol–water partition coefficient (Wildman–Crippen LogP) is 3.93. The van der Waals surface area contributed by atoms with Gasteiger partial charge >= 0.3 is 0 Å². The van der Waals surface area contributed by atoms with Crippen molar-refractivity contribution in [3.63, 3.8) is 0 Å². The maximum absolute atomic E-state index is 11.1. The number of amides is 1. The molecule has 3 rings (SSSR count). The monoisotopic (exact) mass is 335 g/mol. The number of aromatic nitrogens is 2. The molecule has 22 heavy (non-hydrogen) atoms. The van der Waals surface area contributed by atoms with Crippen LogP contribution in [0.25, 0.3) is 10.2 Å². The van der Waals surface area contributed by atoms with E-state index in [0.717, 1.165) is 21.1 Å². The molecule has 6 heteroatoms. The Balaban J connectivity index is 2.05. The van der Waals surface area contributed by atoms with E-state index >= 15 is 0 Å². The Bertz CT molecular complexity index is 705. The third kappa shape index (κ3) is 3.13. The van der Waals surface area contributed by atoms with E-state index in [4.69, 9.17) is 15.7 Å². The number of fused-ring (bicyclic) bond motifs is 1. The van der Waals surface area contributed by atoms with Gasteiger partial charge in [0.05, 0.1) is 5.75 Å². The molecule has 2 N–H and O–H groups in total. The third-order valence-corrected chi connectivity index (χ3v) is 6.43. The van der Waals surface area contributed by atoms with Crippen LogP contribution in [-0.2, 0) is 4.79 Å². The number of nitrogens with two attached hydrogens (primary N) is 1. The minimum Gasteiger partial charge on any atom is -0.369 e. The predicted molar refractivity (Wildman–Crippen MR) is 92.6 cm³/mol. The quantitative estimate of drug-likeness (QED) is 0.679. The molecule has 0 spiro atoms. The van der Waals surface area contributed by atoms with Crippen LogP contribution in [0, 0.1) is 13.8 Å². The van der Waals surface area contributed by atoms with Gasteiger partial charge in [-0.2, -0.15) is 0 Å². The van der Waals surface area contributed by atoms with Gasteiger partial charge in [0.25, 0.3) is 0 Å². The normalized spacial score (nSPS) is 16.3. The fourth-order valence-corrected chi connectivity index (χ4v) is 4.95. The van der Waals surface area contributed by atoms with Gasteiger partial charge in [-0.3, -0.25) is 4.79 Å². The number of hydrogen-bond acceptors (Lipinski definition) is 5. The molecular formula is C16H21N3OS2. The van der Waals surface area contributed by atoms with Crippen LogP contribution in [0.15, 0.2) is 5.03 Å². The van der Waals surface area contributed by atoms with Gasteiger partial charge < -0.3 is 5.73 Å². The number of thiophene rings is 1. The van der Waals surface area contributed by atoms with Crippen molar-refractivity contribution in [2.45, 2.75) is 56.9 Å². The molecule has 0 aromatic carbocycles. The first-order valence-electron chi connectivity index (χ1n) is 7.75. The molecule has 2 aromatic rings. The lowest BCUT2D eigenvalue weighted by molar-refractivity contribution is -0.115. The van der Waals surface area contributed by atoms with Gasteiger partial charge in [0.15, 0.2) is 0 Å². The van der Waals surface area contributed by atoms with E-state index in [1.807, 2.05) is 0 Å². The van der Waals surface area contributed by atoms with Gasteiger partial charge in [0.2, 0.25) is 5.91 Å². The third-order valence-electron chi connectivity index (χ3n) is 4.33. The number of carbonyl (C=O) groups is 1. The van der Waals surface area contributed by atoms with Crippen LogP contribution in [0.3, 0.4) is 0 Å². The maximum atomic E-state index is 11.1. The highest BCUT2D eigenvalue weighted by Gasteiger charge is 2.22. The second kappa shape index (κ2) is 6.54. The summed E-state index contributed by atoms with van der Waals surface area (Å²) in [5, 5.41) is 2.03. The molecule has 0 radical (unpaired) electrons. The first kappa shape index (κ1) is 15.7. The van der Waals surface area contributed by atoms with Crippen LogP contribution in [0.5, 0.6) is 0 Å². The van der Waals surface area contributed by atoms with E-state index in [9.17, 15) is 4.79 Å². The molecule has 2 aromatic heterocycles. The summed E-state index contributed by atoms with van der Waals surface area (Å²) in [5.74, 6) is 1.39. The fourth-order valence-electron chi connectivity index (χ4n) is 3.02. The van der Waals surface area contributed by atoms with E-state index in [2.05, 4.69) is 13.8 Å². The van der Waals surface area contributed by atoms with Crippen molar-refractivity contribution in [2.75, 3.05) is 5.75 Å². The SMILES string of the molecule is Cc1sc2nc(C3CCCCC3)nc(SCC(N)=O)c2c1C. The maximum Gasteiger partial charge on any atom is 0.227 e. The van der Waals surface area contributed by atoms with E-state index in [1.54, 1.807) is 11.3 Å². The minimum atomic E-state index is -0.305. The lowest BCUT2D eigenvalue weighted by Gasteiger charge is -2.20. The molecule has 0 saturated heterocycles. The van der Waals surface area contributed by atoms with Gasteiger partial charge in [-0.1, -0.05) is 31.0 Å². The zero-order chi connectivity index (χ0) is 15.7. The standard InChI is InChI=1S/C16H21N3OS2/c1-9-10(2)22-16-13(9)15(21-8-12(17)20)18-14(19-16)11-6-4-3-5-7-11/h11H,3-8H2,1-2H3,(H2,17,20). The topological polar surface area (TPSA) is 68.9 Å². The summed E-state index contributed by atoms with van der Waals surface area (Å²) in [4.78, 5) is 23.1. The highest BCUT2D eigenvalue weighted by atomic mass is 32.2. The van der Waals surface area contributed by atoms with Crippen LogP contribution in [-0.4, -0.2) is 21.6 Å². The summed E-state index contributed by atoms with van der Waals surface area (Å²) in [7, 11) is 0. The summed E-state index contributed by atoms with van der Waals surface area (Å²) in [6, 6.07) is 0. The van der Waals surface area contributed by atoms with Crippen molar-refractivity contribution in [1.82, 2.24) is 9.97 Å². The smallest absolute Gasteiger partial charge is 0.227 e. The minimum absolute atomic E-state index is 0.268. The van der Waals surface area contributed by atoms with E-state index in [1.165, 1.54) is 54.3 Å². The Morgan fingerprint density at radius 2 is 2.00 bits per heavy atom. The first-order chi connectivity index (χ1) is 10.6. The Hall–Kier alpha value is -1.14. The Kier molecular flexibility index (Phi) is 4.68. The van der Waals surface area contributed by atoms with Crippen molar-refractivity contribution in [3.8, 4) is 0 Å². The molecule has 1 aliphatic rings. The highest BCUT2D eigenvalue weighted by molar-refractivity contribution is 8.00. The largest absolute Gasteiger partial charge is 0.369 e. The van der Waals surface area contributed by atoms with Gasteiger partial charge in [0, 0.05) is 16.2 Å². The molecule has 0 bridgehead atoms. The highest BCUT2D eigenvalue weighted by Crippen LogP contribution is 2.38. The Morgan fingerprint density at radius 1 is 1.27 bits per heavy atom. The summed E-state index contributed by atoms with van der Waals surface area (Å²) in [6.07, 6.45) is 6.19. The molecule has 0 aliphatic heterocycles. The van der Waals surface area contributed by atoms with Crippen molar-refractivity contribution >= 4 is 39.2 Å². The van der Waals surface area contributed by atoms with Crippen molar-refractivity contribution in [1.29, 1.82) is 0 Å². The van der Waals surface area contributed by atoms with Gasteiger partial charge in [-0.25, -0.2) is 9.97 Å². The van der Waals surface area contributed by atoms with E-state index in [-0.39, 0.29) is 11.7 Å². The molecule has 1 aliphatic carbocycles. The number of thioether (sulfide) groups is 1. The van der Waals surface area contributed by atoms with Crippen LogP contribution in [0.4, 0.5) is 0 Å². The van der Waals surface area contributed by atoms with E-state index in [0.29, 0.717) is 5.92 Å². The molecule has 0 atom stereocenters. The zero-order valence-corrected chi connectivity index (χ0v) is 14.6. The van der Waals surface area contributed by atoms with Crippen molar-refractivity contribution < 1.29 is 4.79 Å². The molecule has 118 valence electrons. The van der Waals surface area contributed by atoms with E-state index < -0.39 is 0 Å². The van der Waals surface area contributed by atoms with Gasteiger partial charge in [-0.15, -0.1) is 11.3 Å². The number of primary amides is 1. The van der Waals surface area contributed by atoms with Gasteiger partial charge in [0.1, 0.15) is 15.7 Å². The number of rotatable bonds is 4. The van der Waals surface area contributed by atoms with Crippen molar-refractivity contribution in [3.05, 3.63) is 16.3 Å². The lowest BCUT2D eigenvalue weighted by atomic mass is 9.89. The fraction of sp³-hybridized carbons (Fsp3) is 0.562. The Morgan fingerprint density at radius 3 is 2.68 bits per heavy atom. The number of aryl methyl sites for hydroxylation is 2. The summed E-state index contributed by atoms with van der Waals surface area (Å²) < 4.78 is 0. The molecular weight excluding hydrogens is 314 g/mol. The first-order valence-corrected chi connectivity index (χ1v) is 9.55. The molecule has 1 fully saturated rings. The molecule has 1 amide bonds. The lowest BCUT2D eigenvalue weighted by Crippen LogP contribution is -2.14. The molecule has 4 nitrogen and oxygen atoms in total. The number of carbonyl (C=O) groups excluding carboxylic acids is 1. The number of nitrogens with zero attached hydrogens (tertiary/aromatic N) is 2. The van der Waals surface area contributed by atoms with Gasteiger partial charge in [-0.05, 0) is 32.3 Å². The van der Waals surface area contributed by atoms with Crippen LogP contribution in [0.1, 0.15) is 54.3 Å². The van der Waals surface area contributed by atoms with Crippen LogP contribution >= 0.6 is 23.1 Å². The van der Waals surface area contributed by atoms with Crippen molar-refractivity contribution in [2.24, 2.45) is 5.73 Å². The second-order valence-electron chi connectivity index (χ2n) is 5.94. The molecule has 1 saturated carbocycles. The van der Waals surface area contributed by atoms with Crippen LogP contribution in [0.2, 0.25) is 0 Å². The molecule has 0 unspecified atom stereocenters. The average molecular weight is 335 g/mol. The summed E-state index contributed by atoms with van der Waals surface area (Å²) in [5.41, 5.74) is 6.53. The summed E-state index contributed by atoms with van der Waals surface area (Å²) >= 11 is 3.17. The van der Waals surface area contributed by atoms with Crippen LogP contribution < -0.4 is 5.73 Å². The Labute approximate surface area is 138 Å². The number of hydrogen-bond donors (Lipinski definition) is 1. The average Bonchev–Trinajstić information content (AvgIpc) is 2.80. The zero-order valence-electron chi connectivity index (χ0n) is 13.0. The second-order valence-corrected chi connectivity index (χ2v) is 8.11. The summed E-state index contributed by atoms with van der Waals surface area (Å²) in [6.45, 7) is 4.22. The molecule has 2 heterocycles.